The van der Waals surface area contributed by atoms with Crippen molar-refractivity contribution in [1.82, 2.24) is 19.9 Å². The molecule has 96 valence electrons. The van der Waals surface area contributed by atoms with E-state index in [0.29, 0.717) is 11.7 Å². The van der Waals surface area contributed by atoms with Gasteiger partial charge in [-0.2, -0.15) is 10.1 Å². The first-order chi connectivity index (χ1) is 8.36. The van der Waals surface area contributed by atoms with Crippen LogP contribution in [0.3, 0.4) is 0 Å². The number of aromatic nitrogens is 4. The third-order valence-electron chi connectivity index (χ3n) is 2.33. The van der Waals surface area contributed by atoms with Gasteiger partial charge in [-0.1, -0.05) is 5.16 Å². The largest absolute Gasteiger partial charge is 0.337 e. The zero-order valence-corrected chi connectivity index (χ0v) is 10.5. The molecule has 0 saturated carbocycles. The van der Waals surface area contributed by atoms with Gasteiger partial charge in [-0.25, -0.2) is 4.68 Å². The quantitative estimate of drug-likeness (QED) is 0.832. The monoisotopic (exact) mass is 249 g/mol. The fourth-order valence-electron chi connectivity index (χ4n) is 1.37. The van der Waals surface area contributed by atoms with E-state index in [1.165, 1.54) is 10.7 Å². The summed E-state index contributed by atoms with van der Waals surface area (Å²) in [5, 5.41) is 7.87. The molecule has 0 aromatic carbocycles. The molecule has 2 rings (SSSR count). The third kappa shape index (κ3) is 2.62. The fourth-order valence-corrected chi connectivity index (χ4v) is 1.37. The molecule has 0 aliphatic carbocycles. The van der Waals surface area contributed by atoms with Crippen LogP contribution in [0.1, 0.15) is 31.3 Å². The van der Waals surface area contributed by atoms with Crippen molar-refractivity contribution >= 4 is 0 Å². The van der Waals surface area contributed by atoms with Crippen molar-refractivity contribution in [2.24, 2.45) is 5.73 Å². The van der Waals surface area contributed by atoms with Gasteiger partial charge >= 0.3 is 0 Å². The molecule has 0 radical (unpaired) electrons. The first-order valence-corrected chi connectivity index (χ1v) is 5.53. The van der Waals surface area contributed by atoms with Crippen molar-refractivity contribution in [3.8, 4) is 0 Å². The van der Waals surface area contributed by atoms with Gasteiger partial charge in [-0.15, -0.1) is 0 Å². The predicted octanol–water partition coefficient (Wildman–Crippen LogP) is 0.177. The van der Waals surface area contributed by atoms with Crippen molar-refractivity contribution < 1.29 is 4.52 Å². The Morgan fingerprint density at radius 1 is 1.44 bits per heavy atom. The molecule has 7 heteroatoms. The molecule has 0 bridgehead atoms. The Morgan fingerprint density at radius 2 is 2.17 bits per heavy atom. The summed E-state index contributed by atoms with van der Waals surface area (Å²) in [5.74, 6) is 0.710. The van der Waals surface area contributed by atoms with Crippen LogP contribution in [0.4, 0.5) is 0 Å². The molecule has 0 amide bonds. The lowest BCUT2D eigenvalue weighted by Crippen LogP contribution is -2.30. The number of hydrogen-bond donors (Lipinski definition) is 1. The smallest absolute Gasteiger partial charge is 0.267 e. The summed E-state index contributed by atoms with van der Waals surface area (Å²) < 4.78 is 6.32. The molecule has 2 heterocycles. The maximum atomic E-state index is 11.6. The molecule has 7 nitrogen and oxygen atoms in total. The van der Waals surface area contributed by atoms with Gasteiger partial charge in [-0.05, 0) is 26.8 Å². The van der Waals surface area contributed by atoms with E-state index in [2.05, 4.69) is 15.2 Å². The number of aryl methyl sites for hydroxylation is 1. The Labute approximate surface area is 104 Å². The molecule has 0 spiro atoms. The molecule has 18 heavy (non-hydrogen) atoms. The van der Waals surface area contributed by atoms with Crippen molar-refractivity contribution in [2.75, 3.05) is 0 Å². The van der Waals surface area contributed by atoms with Crippen LogP contribution in [0, 0.1) is 6.92 Å². The second kappa shape index (κ2) is 4.34. The number of hydrogen-bond acceptors (Lipinski definition) is 6. The molecule has 0 aliphatic rings. The maximum absolute atomic E-state index is 11.6. The summed E-state index contributed by atoms with van der Waals surface area (Å²) in [6, 6.07) is 3.10. The number of nitrogens with two attached hydrogens (primary N) is 1. The highest BCUT2D eigenvalue weighted by Crippen LogP contribution is 2.12. The van der Waals surface area contributed by atoms with Crippen molar-refractivity contribution in [2.45, 2.75) is 32.9 Å². The first-order valence-electron chi connectivity index (χ1n) is 5.53. The minimum atomic E-state index is -0.674. The summed E-state index contributed by atoms with van der Waals surface area (Å²) >= 11 is 0. The lowest BCUT2D eigenvalue weighted by Gasteiger charge is -2.11. The second-order valence-electron chi connectivity index (χ2n) is 4.70. The number of rotatable bonds is 3. The molecular weight excluding hydrogens is 234 g/mol. The van der Waals surface area contributed by atoms with Crippen LogP contribution in [-0.2, 0) is 12.1 Å². The minimum Gasteiger partial charge on any atom is -0.337 e. The van der Waals surface area contributed by atoms with Gasteiger partial charge in [0.15, 0.2) is 5.82 Å². The molecule has 0 unspecified atom stereocenters. The number of nitrogens with zero attached hydrogens (tertiary/aromatic N) is 4. The molecule has 2 aromatic heterocycles. The van der Waals surface area contributed by atoms with Crippen LogP contribution in [0.25, 0.3) is 0 Å². The Bertz CT molecular complexity index is 608. The van der Waals surface area contributed by atoms with Crippen molar-refractivity contribution in [1.29, 1.82) is 0 Å². The Balaban J connectivity index is 2.27. The first kappa shape index (κ1) is 12.4. The van der Waals surface area contributed by atoms with E-state index in [0.717, 1.165) is 5.69 Å². The van der Waals surface area contributed by atoms with Gasteiger partial charge in [0.25, 0.3) is 5.56 Å². The second-order valence-corrected chi connectivity index (χ2v) is 4.70. The fraction of sp³-hybridized carbons (Fsp3) is 0.455. The van der Waals surface area contributed by atoms with Crippen molar-refractivity contribution in [3.63, 3.8) is 0 Å². The van der Waals surface area contributed by atoms with Gasteiger partial charge < -0.3 is 10.3 Å². The summed E-state index contributed by atoms with van der Waals surface area (Å²) in [7, 11) is 0. The standard InChI is InChI=1S/C11H15N5O2/c1-7-4-5-9(17)16(14-7)6-8-13-10(15-18-8)11(2,3)12/h4-5H,6,12H2,1-3H3. The van der Waals surface area contributed by atoms with Crippen LogP contribution in [0.15, 0.2) is 21.5 Å². The molecule has 2 aromatic rings. The van der Waals surface area contributed by atoms with E-state index in [9.17, 15) is 4.79 Å². The average molecular weight is 249 g/mol. The highest BCUT2D eigenvalue weighted by Gasteiger charge is 2.21. The van der Waals surface area contributed by atoms with Gasteiger partial charge in [0.1, 0.15) is 6.54 Å². The van der Waals surface area contributed by atoms with Gasteiger partial charge in [0, 0.05) is 6.07 Å². The maximum Gasteiger partial charge on any atom is 0.267 e. The zero-order chi connectivity index (χ0) is 13.3. The Morgan fingerprint density at radius 3 is 2.78 bits per heavy atom. The van der Waals surface area contributed by atoms with E-state index >= 15 is 0 Å². The van der Waals surface area contributed by atoms with Gasteiger partial charge in [0.05, 0.1) is 11.2 Å². The van der Waals surface area contributed by atoms with E-state index in [-0.39, 0.29) is 12.1 Å². The molecule has 0 fully saturated rings. The molecule has 0 saturated heterocycles. The van der Waals surface area contributed by atoms with E-state index in [4.69, 9.17) is 10.3 Å². The summed E-state index contributed by atoms with van der Waals surface area (Å²) in [4.78, 5) is 15.7. The van der Waals surface area contributed by atoms with E-state index < -0.39 is 5.54 Å². The van der Waals surface area contributed by atoms with E-state index in [1.54, 1.807) is 26.8 Å². The SMILES string of the molecule is Cc1ccc(=O)n(Cc2nc(C(C)(C)N)no2)n1. The topological polar surface area (TPSA) is 99.8 Å². The highest BCUT2D eigenvalue weighted by atomic mass is 16.5. The van der Waals surface area contributed by atoms with Crippen LogP contribution < -0.4 is 11.3 Å². The van der Waals surface area contributed by atoms with Crippen LogP contribution in [0.5, 0.6) is 0 Å². The zero-order valence-electron chi connectivity index (χ0n) is 10.5. The van der Waals surface area contributed by atoms with Gasteiger partial charge in [0.2, 0.25) is 5.89 Å². The lowest BCUT2D eigenvalue weighted by atomic mass is 10.1. The van der Waals surface area contributed by atoms with Crippen LogP contribution >= 0.6 is 0 Å². The highest BCUT2D eigenvalue weighted by molar-refractivity contribution is 5.01. The Hall–Kier alpha value is -2.02. The third-order valence-corrected chi connectivity index (χ3v) is 2.33. The Kier molecular flexibility index (Phi) is 3.00. The molecule has 2 N–H and O–H groups in total. The predicted molar refractivity (Wildman–Crippen MR) is 63.8 cm³/mol. The molecular formula is C11H15N5O2. The minimum absolute atomic E-state index is 0.142. The van der Waals surface area contributed by atoms with E-state index in [1.807, 2.05) is 0 Å². The van der Waals surface area contributed by atoms with Crippen LogP contribution in [0.2, 0.25) is 0 Å². The molecule has 0 aliphatic heterocycles. The molecule has 0 atom stereocenters. The normalized spacial score (nSPS) is 11.8. The van der Waals surface area contributed by atoms with Gasteiger partial charge in [-0.3, -0.25) is 4.79 Å². The summed E-state index contributed by atoms with van der Waals surface area (Å²) in [6.45, 7) is 5.50. The summed E-state index contributed by atoms with van der Waals surface area (Å²) in [6.07, 6.45) is 0. The lowest BCUT2D eigenvalue weighted by molar-refractivity contribution is 0.348. The van der Waals surface area contributed by atoms with Crippen LogP contribution in [-0.4, -0.2) is 19.9 Å². The van der Waals surface area contributed by atoms with Crippen molar-refractivity contribution in [3.05, 3.63) is 39.9 Å². The average Bonchev–Trinajstić information content (AvgIpc) is 2.71. The summed E-state index contributed by atoms with van der Waals surface area (Å²) in [5.41, 5.74) is 5.70.